The predicted octanol–water partition coefficient (Wildman–Crippen LogP) is 5.19. The first-order valence-electron chi connectivity index (χ1n) is 7.35. The third-order valence-corrected chi connectivity index (χ3v) is 4.75. The Labute approximate surface area is 147 Å². The molecule has 7 heteroatoms. The van der Waals surface area contributed by atoms with Crippen LogP contribution >= 0.6 is 23.4 Å². The SMILES string of the molecule is CCn1c(SCc2c(F)cccc2F)nnc1-c1cccc(Cl)c1. The van der Waals surface area contributed by atoms with Crippen molar-refractivity contribution in [2.45, 2.75) is 24.4 Å². The summed E-state index contributed by atoms with van der Waals surface area (Å²) in [5.74, 6) is -0.289. The minimum atomic E-state index is -0.555. The lowest BCUT2D eigenvalue weighted by molar-refractivity contribution is 0.566. The zero-order valence-corrected chi connectivity index (χ0v) is 14.4. The second kappa shape index (κ2) is 7.32. The molecule has 0 amide bonds. The lowest BCUT2D eigenvalue weighted by Gasteiger charge is -2.08. The van der Waals surface area contributed by atoms with Crippen LogP contribution in [0.5, 0.6) is 0 Å². The highest BCUT2D eigenvalue weighted by Gasteiger charge is 2.15. The van der Waals surface area contributed by atoms with Crippen LogP contribution in [0.1, 0.15) is 12.5 Å². The fourth-order valence-electron chi connectivity index (χ4n) is 2.33. The van der Waals surface area contributed by atoms with Gasteiger partial charge in [0, 0.05) is 28.4 Å². The first-order valence-corrected chi connectivity index (χ1v) is 8.71. The number of rotatable bonds is 5. The van der Waals surface area contributed by atoms with Gasteiger partial charge in [-0.3, -0.25) is 0 Å². The van der Waals surface area contributed by atoms with Crippen molar-refractivity contribution in [1.82, 2.24) is 14.8 Å². The van der Waals surface area contributed by atoms with E-state index in [4.69, 9.17) is 11.6 Å². The summed E-state index contributed by atoms with van der Waals surface area (Å²) >= 11 is 7.28. The van der Waals surface area contributed by atoms with Gasteiger partial charge in [-0.15, -0.1) is 10.2 Å². The van der Waals surface area contributed by atoms with Gasteiger partial charge in [0.15, 0.2) is 11.0 Å². The van der Waals surface area contributed by atoms with E-state index in [1.54, 1.807) is 6.07 Å². The van der Waals surface area contributed by atoms with Gasteiger partial charge in [-0.1, -0.05) is 41.6 Å². The molecular formula is C17H14ClF2N3S. The van der Waals surface area contributed by atoms with E-state index in [1.165, 1.54) is 30.0 Å². The van der Waals surface area contributed by atoms with Crippen molar-refractivity contribution in [3.63, 3.8) is 0 Å². The van der Waals surface area contributed by atoms with Gasteiger partial charge in [-0.2, -0.15) is 0 Å². The quantitative estimate of drug-likeness (QED) is 0.583. The Morgan fingerprint density at radius 2 is 1.79 bits per heavy atom. The van der Waals surface area contributed by atoms with E-state index in [1.807, 2.05) is 29.7 Å². The molecule has 0 spiro atoms. The monoisotopic (exact) mass is 365 g/mol. The van der Waals surface area contributed by atoms with Crippen LogP contribution in [-0.2, 0) is 12.3 Å². The standard InChI is InChI=1S/C17H14ClF2N3S/c1-2-23-16(11-5-3-6-12(18)9-11)21-22-17(23)24-10-13-14(19)7-4-8-15(13)20/h3-9H,2,10H2,1H3. The molecule has 0 saturated carbocycles. The Kier molecular flexibility index (Phi) is 5.16. The number of hydrogen-bond acceptors (Lipinski definition) is 3. The van der Waals surface area contributed by atoms with E-state index in [-0.39, 0.29) is 11.3 Å². The van der Waals surface area contributed by atoms with Gasteiger partial charge in [0.2, 0.25) is 0 Å². The van der Waals surface area contributed by atoms with E-state index in [0.29, 0.717) is 22.5 Å². The second-order valence-electron chi connectivity index (χ2n) is 5.05. The van der Waals surface area contributed by atoms with Crippen molar-refractivity contribution in [3.05, 3.63) is 64.7 Å². The maximum Gasteiger partial charge on any atom is 0.191 e. The first-order chi connectivity index (χ1) is 11.6. The number of nitrogens with zero attached hydrogens (tertiary/aromatic N) is 3. The molecule has 24 heavy (non-hydrogen) atoms. The summed E-state index contributed by atoms with van der Waals surface area (Å²) in [7, 11) is 0. The zero-order chi connectivity index (χ0) is 17.1. The van der Waals surface area contributed by atoms with E-state index in [9.17, 15) is 8.78 Å². The van der Waals surface area contributed by atoms with Crippen LogP contribution in [0.4, 0.5) is 8.78 Å². The number of aromatic nitrogens is 3. The number of halogens is 3. The van der Waals surface area contributed by atoms with Crippen LogP contribution in [0.25, 0.3) is 11.4 Å². The molecule has 124 valence electrons. The molecule has 0 saturated heterocycles. The van der Waals surface area contributed by atoms with Gasteiger partial charge in [-0.05, 0) is 31.2 Å². The second-order valence-corrected chi connectivity index (χ2v) is 6.43. The fourth-order valence-corrected chi connectivity index (χ4v) is 3.54. The van der Waals surface area contributed by atoms with E-state index in [2.05, 4.69) is 10.2 Å². The summed E-state index contributed by atoms with van der Waals surface area (Å²) in [6.07, 6.45) is 0. The molecule has 3 rings (SSSR count). The molecule has 1 heterocycles. The molecule has 1 aromatic heterocycles. The molecule has 0 aliphatic carbocycles. The van der Waals surface area contributed by atoms with Gasteiger partial charge in [0.25, 0.3) is 0 Å². The number of thioether (sulfide) groups is 1. The van der Waals surface area contributed by atoms with E-state index < -0.39 is 11.6 Å². The normalized spacial score (nSPS) is 11.0. The Morgan fingerprint density at radius 3 is 2.46 bits per heavy atom. The van der Waals surface area contributed by atoms with Crippen LogP contribution in [0.2, 0.25) is 5.02 Å². The van der Waals surface area contributed by atoms with E-state index in [0.717, 1.165) is 5.56 Å². The van der Waals surface area contributed by atoms with Crippen LogP contribution in [0, 0.1) is 11.6 Å². The highest BCUT2D eigenvalue weighted by atomic mass is 35.5. The van der Waals surface area contributed by atoms with Crippen LogP contribution in [-0.4, -0.2) is 14.8 Å². The van der Waals surface area contributed by atoms with Gasteiger partial charge in [0.05, 0.1) is 0 Å². The van der Waals surface area contributed by atoms with Crippen LogP contribution in [0.15, 0.2) is 47.6 Å². The van der Waals surface area contributed by atoms with Crippen molar-refractivity contribution < 1.29 is 8.78 Å². The lowest BCUT2D eigenvalue weighted by atomic mass is 10.2. The molecule has 0 unspecified atom stereocenters. The molecule has 0 N–H and O–H groups in total. The van der Waals surface area contributed by atoms with Crippen molar-refractivity contribution in [1.29, 1.82) is 0 Å². The average Bonchev–Trinajstić information content (AvgIpc) is 2.97. The third-order valence-electron chi connectivity index (χ3n) is 3.52. The molecule has 0 aliphatic rings. The van der Waals surface area contributed by atoms with E-state index >= 15 is 0 Å². The lowest BCUT2D eigenvalue weighted by Crippen LogP contribution is -2.00. The topological polar surface area (TPSA) is 30.7 Å². The number of hydrogen-bond donors (Lipinski definition) is 0. The maximum atomic E-state index is 13.7. The molecule has 3 nitrogen and oxygen atoms in total. The minimum Gasteiger partial charge on any atom is -0.302 e. The molecule has 0 aliphatic heterocycles. The first kappa shape index (κ1) is 16.9. The summed E-state index contributed by atoms with van der Waals surface area (Å²) in [4.78, 5) is 0. The highest BCUT2D eigenvalue weighted by molar-refractivity contribution is 7.98. The largest absolute Gasteiger partial charge is 0.302 e. The predicted molar refractivity (Wildman–Crippen MR) is 92.1 cm³/mol. The minimum absolute atomic E-state index is 0.0393. The molecule has 0 fully saturated rings. The van der Waals surface area contributed by atoms with Crippen molar-refractivity contribution in [2.75, 3.05) is 0 Å². The molecule has 0 bridgehead atoms. The van der Waals surface area contributed by atoms with Gasteiger partial charge < -0.3 is 4.57 Å². The van der Waals surface area contributed by atoms with Crippen LogP contribution in [0.3, 0.4) is 0 Å². The molecule has 3 aromatic rings. The summed E-state index contributed by atoms with van der Waals surface area (Å²) in [6, 6.07) is 11.2. The van der Waals surface area contributed by atoms with Gasteiger partial charge in [-0.25, -0.2) is 8.78 Å². The van der Waals surface area contributed by atoms with Crippen molar-refractivity contribution in [3.8, 4) is 11.4 Å². The molecule has 0 atom stereocenters. The Hall–Kier alpha value is -1.92. The summed E-state index contributed by atoms with van der Waals surface area (Å²) in [6.45, 7) is 2.60. The molecular weight excluding hydrogens is 352 g/mol. The molecule has 2 aromatic carbocycles. The van der Waals surface area contributed by atoms with Crippen LogP contribution < -0.4 is 0 Å². The summed E-state index contributed by atoms with van der Waals surface area (Å²) in [5.41, 5.74) is 0.887. The summed E-state index contributed by atoms with van der Waals surface area (Å²) < 4.78 is 29.4. The Balaban J connectivity index is 1.87. The fraction of sp³-hybridized carbons (Fsp3) is 0.176. The smallest absolute Gasteiger partial charge is 0.191 e. The third kappa shape index (κ3) is 3.44. The van der Waals surface area contributed by atoms with Crippen molar-refractivity contribution >= 4 is 23.4 Å². The Bertz CT molecular complexity index is 847. The van der Waals surface area contributed by atoms with Crippen molar-refractivity contribution in [2.24, 2.45) is 0 Å². The average molecular weight is 366 g/mol. The highest BCUT2D eigenvalue weighted by Crippen LogP contribution is 2.28. The molecule has 0 radical (unpaired) electrons. The van der Waals surface area contributed by atoms with Gasteiger partial charge >= 0.3 is 0 Å². The number of benzene rings is 2. The summed E-state index contributed by atoms with van der Waals surface area (Å²) in [5, 5.41) is 9.58. The maximum absolute atomic E-state index is 13.7. The van der Waals surface area contributed by atoms with Gasteiger partial charge in [0.1, 0.15) is 11.6 Å². The zero-order valence-electron chi connectivity index (χ0n) is 12.8. The Morgan fingerprint density at radius 1 is 1.08 bits per heavy atom.